The van der Waals surface area contributed by atoms with Gasteiger partial charge in [0, 0.05) is 6.54 Å². The molecule has 178 valence electrons. The Balaban J connectivity index is 1.77. The first-order valence-corrected chi connectivity index (χ1v) is 10.9. The predicted octanol–water partition coefficient (Wildman–Crippen LogP) is 3.08. The van der Waals surface area contributed by atoms with Crippen molar-refractivity contribution in [1.29, 1.82) is 0 Å². The fraction of sp³-hybridized carbons (Fsp3) is 0.167. The number of carbonyl (C=O) groups is 1. The van der Waals surface area contributed by atoms with Crippen LogP contribution in [0, 0.1) is 5.82 Å². The number of fused-ring (bicyclic) bond motifs is 1. The van der Waals surface area contributed by atoms with Gasteiger partial charge in [-0.25, -0.2) is 14.9 Å². The number of hydrogen-bond donors (Lipinski definition) is 3. The zero-order chi connectivity index (χ0) is 24.9. The number of nitrogens with zero attached hydrogens (tertiary/aromatic N) is 2. The number of nitrogens with one attached hydrogen (secondary N) is 2. The van der Waals surface area contributed by atoms with Crippen molar-refractivity contribution in [2.45, 2.75) is 6.54 Å². The molecular weight excluding hydrogens is 474 g/mol. The maximum atomic E-state index is 15.7. The second-order valence-corrected chi connectivity index (χ2v) is 7.98. The lowest BCUT2D eigenvalue weighted by Crippen LogP contribution is -2.26. The topological polar surface area (TPSA) is 97.6 Å². The third-order valence-corrected chi connectivity index (χ3v) is 5.54. The Kier molecular flexibility index (Phi) is 7.55. The Hall–Kier alpha value is -3.60. The average Bonchev–Trinajstić information content (AvgIpc) is 3.25. The van der Waals surface area contributed by atoms with Gasteiger partial charge in [-0.2, -0.15) is 0 Å². The number of rotatable bonds is 9. The van der Waals surface area contributed by atoms with Gasteiger partial charge in [0.2, 0.25) is 0 Å². The van der Waals surface area contributed by atoms with Gasteiger partial charge in [0.25, 0.3) is 5.91 Å². The molecule has 1 amide bonds. The molecule has 3 N–H and O–H groups in total. The Morgan fingerprint density at radius 3 is 2.69 bits per heavy atom. The smallest absolute Gasteiger partial charge is 0.277 e. The van der Waals surface area contributed by atoms with E-state index in [-0.39, 0.29) is 35.0 Å². The molecule has 2 radical (unpaired) electrons. The molecule has 0 saturated carbocycles. The first kappa shape index (κ1) is 24.5. The number of methoxy groups -OCH3 is 1. The molecule has 0 aliphatic heterocycles. The quantitative estimate of drug-likeness (QED) is 0.188. The van der Waals surface area contributed by atoms with Crippen LogP contribution in [0.4, 0.5) is 15.8 Å². The molecule has 4 rings (SSSR count). The summed E-state index contributed by atoms with van der Waals surface area (Å²) < 4.78 is 22.7. The van der Waals surface area contributed by atoms with Gasteiger partial charge in [-0.1, -0.05) is 35.3 Å². The molecule has 0 aliphatic rings. The maximum absolute atomic E-state index is 15.7. The fourth-order valence-corrected chi connectivity index (χ4v) is 3.73. The molecule has 1 aromatic heterocycles. The van der Waals surface area contributed by atoms with E-state index in [1.54, 1.807) is 23.8 Å². The summed E-state index contributed by atoms with van der Waals surface area (Å²) >= 11 is 6.25. The maximum Gasteiger partial charge on any atom is 0.277 e. The predicted molar refractivity (Wildman–Crippen MR) is 132 cm³/mol. The van der Waals surface area contributed by atoms with Gasteiger partial charge in [-0.05, 0) is 35.9 Å². The lowest BCUT2D eigenvalue weighted by molar-refractivity contribution is 0.0169. The van der Waals surface area contributed by atoms with Gasteiger partial charge in [-0.15, -0.1) is 0 Å². The third kappa shape index (κ3) is 5.40. The summed E-state index contributed by atoms with van der Waals surface area (Å²) in [6.45, 7) is -0.0363. The SMILES string of the molecule is [B]c1ccc(Nc2c(C(=O)NOCCO)cc3c(ncn3Cc3ccc(OC)cc3)c2F)c(Cl)c1. The summed E-state index contributed by atoms with van der Waals surface area (Å²) in [6, 6.07) is 13.6. The van der Waals surface area contributed by atoms with Crippen molar-refractivity contribution in [2.75, 3.05) is 25.6 Å². The van der Waals surface area contributed by atoms with E-state index >= 15 is 4.39 Å². The number of halogens is 2. The summed E-state index contributed by atoms with van der Waals surface area (Å²) in [6.07, 6.45) is 1.50. The summed E-state index contributed by atoms with van der Waals surface area (Å²) in [5.41, 5.74) is 4.22. The number of carbonyl (C=O) groups excluding carboxylic acids is 1. The minimum atomic E-state index is -0.740. The molecule has 8 nitrogen and oxygen atoms in total. The van der Waals surface area contributed by atoms with Gasteiger partial charge in [0.05, 0.1) is 54.1 Å². The van der Waals surface area contributed by atoms with Crippen LogP contribution in [0.3, 0.4) is 0 Å². The van der Waals surface area contributed by atoms with Crippen LogP contribution in [0.5, 0.6) is 5.75 Å². The number of benzene rings is 3. The monoisotopic (exact) mass is 494 g/mol. The molecule has 0 saturated heterocycles. The highest BCUT2D eigenvalue weighted by Crippen LogP contribution is 2.33. The van der Waals surface area contributed by atoms with Crippen molar-refractivity contribution >= 4 is 53.2 Å². The Morgan fingerprint density at radius 2 is 2.00 bits per heavy atom. The molecule has 0 aliphatic carbocycles. The van der Waals surface area contributed by atoms with Crippen LogP contribution >= 0.6 is 11.6 Å². The molecule has 0 fully saturated rings. The van der Waals surface area contributed by atoms with E-state index in [9.17, 15) is 4.79 Å². The molecule has 11 heteroatoms. The van der Waals surface area contributed by atoms with Crippen molar-refractivity contribution < 1.29 is 23.9 Å². The van der Waals surface area contributed by atoms with E-state index in [4.69, 9.17) is 34.1 Å². The molecule has 0 spiro atoms. The fourth-order valence-electron chi connectivity index (χ4n) is 3.50. The van der Waals surface area contributed by atoms with Gasteiger partial charge in [0.1, 0.15) is 19.1 Å². The van der Waals surface area contributed by atoms with E-state index in [2.05, 4.69) is 15.8 Å². The highest BCUT2D eigenvalue weighted by Gasteiger charge is 2.23. The number of hydroxylamine groups is 1. The standard InChI is InChI=1S/C24H21BClFN4O4/c1-34-16-5-2-14(3-6-16)12-31-13-28-23-20(31)11-17(24(33)30-35-9-8-32)22(21(23)27)29-19-7-4-15(25)10-18(19)26/h2-7,10-11,13,29,32H,8-9,12H2,1H3,(H,30,33). The number of aliphatic hydroxyl groups is 1. The Morgan fingerprint density at radius 1 is 1.23 bits per heavy atom. The summed E-state index contributed by atoms with van der Waals surface area (Å²) in [7, 11) is 7.33. The van der Waals surface area contributed by atoms with E-state index in [1.807, 2.05) is 24.3 Å². The lowest BCUT2D eigenvalue weighted by atomic mass is 9.96. The van der Waals surface area contributed by atoms with Crippen molar-refractivity contribution in [1.82, 2.24) is 15.0 Å². The molecule has 3 aromatic carbocycles. The summed E-state index contributed by atoms with van der Waals surface area (Å²) in [5.74, 6) is -0.740. The van der Waals surface area contributed by atoms with Crippen LogP contribution in [-0.4, -0.2) is 48.7 Å². The van der Waals surface area contributed by atoms with Gasteiger partial charge in [0.15, 0.2) is 5.82 Å². The van der Waals surface area contributed by atoms with Gasteiger partial charge in [-0.3, -0.25) is 9.63 Å². The molecule has 0 atom stereocenters. The van der Waals surface area contributed by atoms with Gasteiger partial charge >= 0.3 is 0 Å². The number of aliphatic hydroxyl groups excluding tert-OH is 1. The summed E-state index contributed by atoms with van der Waals surface area (Å²) in [4.78, 5) is 22.1. The van der Waals surface area contributed by atoms with E-state index in [0.29, 0.717) is 29.0 Å². The molecule has 35 heavy (non-hydrogen) atoms. The minimum absolute atomic E-state index is 0.0442. The van der Waals surface area contributed by atoms with Gasteiger partial charge < -0.3 is 19.7 Å². The zero-order valence-corrected chi connectivity index (χ0v) is 19.5. The van der Waals surface area contributed by atoms with Crippen molar-refractivity contribution in [2.24, 2.45) is 0 Å². The number of hydrogen-bond acceptors (Lipinski definition) is 6. The number of imidazole rings is 1. The van der Waals surface area contributed by atoms with Crippen LogP contribution in [0.15, 0.2) is 54.9 Å². The molecule has 0 unspecified atom stereocenters. The summed E-state index contributed by atoms with van der Waals surface area (Å²) in [5, 5.41) is 12.1. The highest BCUT2D eigenvalue weighted by molar-refractivity contribution is 6.37. The van der Waals surface area contributed by atoms with Crippen LogP contribution in [-0.2, 0) is 11.4 Å². The van der Waals surface area contributed by atoms with Crippen LogP contribution in [0.1, 0.15) is 15.9 Å². The highest BCUT2D eigenvalue weighted by atomic mass is 35.5. The lowest BCUT2D eigenvalue weighted by Gasteiger charge is -2.16. The average molecular weight is 495 g/mol. The largest absolute Gasteiger partial charge is 0.497 e. The Labute approximate surface area is 207 Å². The molecular formula is C24H21BClFN4O4. The number of ether oxygens (including phenoxy) is 1. The van der Waals surface area contributed by atoms with E-state index in [1.165, 1.54) is 18.5 Å². The van der Waals surface area contributed by atoms with Crippen LogP contribution in [0.25, 0.3) is 11.0 Å². The van der Waals surface area contributed by atoms with E-state index < -0.39 is 11.7 Å². The molecule has 1 heterocycles. The Bertz CT molecular complexity index is 1360. The number of amides is 1. The van der Waals surface area contributed by atoms with Crippen molar-refractivity contribution in [3.8, 4) is 5.75 Å². The van der Waals surface area contributed by atoms with Crippen LogP contribution < -0.4 is 21.0 Å². The van der Waals surface area contributed by atoms with Crippen molar-refractivity contribution in [3.05, 3.63) is 76.8 Å². The normalized spacial score (nSPS) is 11.0. The van der Waals surface area contributed by atoms with Crippen LogP contribution in [0.2, 0.25) is 5.02 Å². The third-order valence-electron chi connectivity index (χ3n) is 5.22. The van der Waals surface area contributed by atoms with E-state index in [0.717, 1.165) is 5.56 Å². The minimum Gasteiger partial charge on any atom is -0.497 e. The number of anilines is 2. The molecule has 4 aromatic rings. The second kappa shape index (κ2) is 10.8. The zero-order valence-electron chi connectivity index (χ0n) is 18.7. The second-order valence-electron chi connectivity index (χ2n) is 7.57. The number of aromatic nitrogens is 2. The first-order valence-electron chi connectivity index (χ1n) is 10.6. The first-order chi connectivity index (χ1) is 16.9. The molecule has 0 bridgehead atoms. The van der Waals surface area contributed by atoms with Crippen molar-refractivity contribution in [3.63, 3.8) is 0 Å².